The number of benzene rings is 1. The summed E-state index contributed by atoms with van der Waals surface area (Å²) in [5.41, 5.74) is 14.7. The molecule has 116 valence electrons. The molecular formula is C21H27N. The summed E-state index contributed by atoms with van der Waals surface area (Å²) in [6.07, 6.45) is 10.2. The first-order chi connectivity index (χ1) is 10.4. The minimum absolute atomic E-state index is 0.350. The van der Waals surface area contributed by atoms with Crippen molar-refractivity contribution in [2.24, 2.45) is 11.7 Å². The topological polar surface area (TPSA) is 26.0 Å². The standard InChI is InChI=1S/C21H27N/c1-5-16-10-18-8-14(2)6-7-17(18)11-19-9-15(3)12-21(4,22)13-20(16)19/h6-9,12-13,16H,5,10-11,22H2,1-4H3. The lowest BCUT2D eigenvalue weighted by Crippen LogP contribution is -2.32. The van der Waals surface area contributed by atoms with Gasteiger partial charge in [0.05, 0.1) is 5.54 Å². The van der Waals surface area contributed by atoms with Crippen LogP contribution in [0.4, 0.5) is 0 Å². The molecule has 1 nitrogen and oxygen atoms in total. The van der Waals surface area contributed by atoms with Gasteiger partial charge in [-0.2, -0.15) is 0 Å². The van der Waals surface area contributed by atoms with Gasteiger partial charge in [0, 0.05) is 0 Å². The van der Waals surface area contributed by atoms with Crippen LogP contribution in [0.25, 0.3) is 0 Å². The van der Waals surface area contributed by atoms with Gasteiger partial charge in [0.1, 0.15) is 0 Å². The van der Waals surface area contributed by atoms with E-state index >= 15 is 0 Å². The summed E-state index contributed by atoms with van der Waals surface area (Å²) in [4.78, 5) is 0. The summed E-state index contributed by atoms with van der Waals surface area (Å²) >= 11 is 0. The number of aryl methyl sites for hydroxylation is 1. The van der Waals surface area contributed by atoms with Crippen molar-refractivity contribution < 1.29 is 0 Å². The highest BCUT2D eigenvalue weighted by molar-refractivity contribution is 5.51. The van der Waals surface area contributed by atoms with Crippen LogP contribution in [0.5, 0.6) is 0 Å². The van der Waals surface area contributed by atoms with E-state index in [-0.39, 0.29) is 5.54 Å². The van der Waals surface area contributed by atoms with Crippen molar-refractivity contribution >= 4 is 0 Å². The van der Waals surface area contributed by atoms with Gasteiger partial charge in [0.2, 0.25) is 0 Å². The molecule has 0 heterocycles. The molecule has 0 saturated heterocycles. The number of hydrogen-bond acceptors (Lipinski definition) is 1. The molecule has 0 spiro atoms. The minimum Gasteiger partial charge on any atom is -0.319 e. The Bertz CT molecular complexity index is 686. The molecule has 2 N–H and O–H groups in total. The van der Waals surface area contributed by atoms with E-state index in [2.05, 4.69) is 64.1 Å². The molecule has 1 aromatic rings. The van der Waals surface area contributed by atoms with E-state index in [0.29, 0.717) is 5.92 Å². The van der Waals surface area contributed by atoms with Gasteiger partial charge in [-0.15, -0.1) is 0 Å². The van der Waals surface area contributed by atoms with Crippen LogP contribution >= 0.6 is 0 Å². The average Bonchev–Trinajstić information content (AvgIpc) is 2.62. The molecule has 2 unspecified atom stereocenters. The maximum Gasteiger partial charge on any atom is 0.0507 e. The summed E-state index contributed by atoms with van der Waals surface area (Å²) in [6, 6.07) is 6.92. The summed E-state index contributed by atoms with van der Waals surface area (Å²) in [5.74, 6) is 0.566. The van der Waals surface area contributed by atoms with Crippen LogP contribution < -0.4 is 5.73 Å². The Balaban J connectivity index is 2.15. The van der Waals surface area contributed by atoms with E-state index in [9.17, 15) is 0 Å². The highest BCUT2D eigenvalue weighted by Gasteiger charge is 2.27. The maximum atomic E-state index is 6.49. The molecule has 0 fully saturated rings. The molecule has 0 bridgehead atoms. The van der Waals surface area contributed by atoms with E-state index < -0.39 is 0 Å². The molecule has 0 radical (unpaired) electrons. The Kier molecular flexibility index (Phi) is 3.86. The van der Waals surface area contributed by atoms with Gasteiger partial charge in [-0.25, -0.2) is 0 Å². The highest BCUT2D eigenvalue weighted by atomic mass is 14.7. The van der Waals surface area contributed by atoms with E-state index in [1.165, 1.54) is 33.4 Å². The monoisotopic (exact) mass is 293 g/mol. The third kappa shape index (κ3) is 2.96. The van der Waals surface area contributed by atoms with E-state index in [0.717, 1.165) is 19.3 Å². The zero-order valence-electron chi connectivity index (χ0n) is 14.2. The first-order valence-corrected chi connectivity index (χ1v) is 8.38. The van der Waals surface area contributed by atoms with E-state index in [1.807, 2.05) is 0 Å². The molecule has 0 saturated carbocycles. The smallest absolute Gasteiger partial charge is 0.0507 e. The van der Waals surface area contributed by atoms with Gasteiger partial charge in [-0.1, -0.05) is 54.5 Å². The average molecular weight is 293 g/mol. The molecule has 0 amide bonds. The molecule has 22 heavy (non-hydrogen) atoms. The molecule has 2 aliphatic rings. The fourth-order valence-corrected chi connectivity index (χ4v) is 3.95. The third-order valence-corrected chi connectivity index (χ3v) is 4.92. The Morgan fingerprint density at radius 2 is 1.95 bits per heavy atom. The Hall–Kier alpha value is -1.60. The molecule has 2 atom stereocenters. The molecule has 3 rings (SSSR count). The first kappa shape index (κ1) is 15.3. The molecule has 0 aromatic heterocycles. The third-order valence-electron chi connectivity index (χ3n) is 4.92. The second-order valence-electron chi connectivity index (χ2n) is 7.28. The number of nitrogens with two attached hydrogens (primary N) is 1. The van der Waals surface area contributed by atoms with E-state index in [4.69, 9.17) is 5.73 Å². The van der Waals surface area contributed by atoms with Gasteiger partial charge < -0.3 is 5.73 Å². The molecule has 0 aliphatic heterocycles. The highest BCUT2D eigenvalue weighted by Crippen LogP contribution is 2.37. The van der Waals surface area contributed by atoms with Gasteiger partial charge in [-0.3, -0.25) is 0 Å². The van der Waals surface area contributed by atoms with Gasteiger partial charge in [0.15, 0.2) is 0 Å². The second kappa shape index (κ2) is 5.55. The molecule has 1 heteroatoms. The number of allylic oxidation sites excluding steroid dienone is 4. The van der Waals surface area contributed by atoms with E-state index in [1.54, 1.807) is 0 Å². The van der Waals surface area contributed by atoms with Crippen molar-refractivity contribution in [2.75, 3.05) is 0 Å². The molecule has 2 aliphatic carbocycles. The Morgan fingerprint density at radius 1 is 1.18 bits per heavy atom. The predicted octanol–water partition coefficient (Wildman–Crippen LogP) is 4.65. The van der Waals surface area contributed by atoms with Crippen molar-refractivity contribution in [3.8, 4) is 0 Å². The van der Waals surface area contributed by atoms with Crippen molar-refractivity contribution in [1.82, 2.24) is 0 Å². The van der Waals surface area contributed by atoms with Gasteiger partial charge in [0.25, 0.3) is 0 Å². The van der Waals surface area contributed by atoms with Crippen LogP contribution in [0.15, 0.2) is 53.1 Å². The zero-order valence-corrected chi connectivity index (χ0v) is 14.2. The van der Waals surface area contributed by atoms with Crippen molar-refractivity contribution in [1.29, 1.82) is 0 Å². The second-order valence-corrected chi connectivity index (χ2v) is 7.28. The van der Waals surface area contributed by atoms with Crippen LogP contribution in [-0.2, 0) is 12.8 Å². The number of rotatable bonds is 1. The lowest BCUT2D eigenvalue weighted by molar-refractivity contribution is 0.587. The quantitative estimate of drug-likeness (QED) is 0.801. The SMILES string of the molecule is CCC1Cc2cc(C)ccc2CC2=CC(C)=CC(C)(N)C=C21. The van der Waals surface area contributed by atoms with Crippen LogP contribution in [0.3, 0.4) is 0 Å². The largest absolute Gasteiger partial charge is 0.319 e. The summed E-state index contributed by atoms with van der Waals surface area (Å²) in [6.45, 7) is 8.75. The number of fused-ring (bicyclic) bond motifs is 2. The summed E-state index contributed by atoms with van der Waals surface area (Å²) in [5, 5.41) is 0. The fraction of sp³-hybridized carbons (Fsp3) is 0.429. The zero-order chi connectivity index (χ0) is 15.9. The predicted molar refractivity (Wildman–Crippen MR) is 94.9 cm³/mol. The lowest BCUT2D eigenvalue weighted by atomic mass is 9.85. The van der Waals surface area contributed by atoms with Crippen molar-refractivity contribution in [2.45, 2.75) is 52.5 Å². The van der Waals surface area contributed by atoms with Gasteiger partial charge in [-0.05, 0) is 68.2 Å². The summed E-state index contributed by atoms with van der Waals surface area (Å²) in [7, 11) is 0. The summed E-state index contributed by atoms with van der Waals surface area (Å²) < 4.78 is 0. The Morgan fingerprint density at radius 3 is 2.68 bits per heavy atom. The van der Waals surface area contributed by atoms with Crippen LogP contribution in [-0.4, -0.2) is 5.54 Å². The molecular weight excluding hydrogens is 266 g/mol. The number of hydrogen-bond donors (Lipinski definition) is 1. The minimum atomic E-state index is -0.350. The normalized spacial score (nSPS) is 27.7. The lowest BCUT2D eigenvalue weighted by Gasteiger charge is -2.22. The van der Waals surface area contributed by atoms with Crippen molar-refractivity contribution in [3.05, 3.63) is 69.8 Å². The maximum absolute atomic E-state index is 6.49. The van der Waals surface area contributed by atoms with Gasteiger partial charge >= 0.3 is 0 Å². The van der Waals surface area contributed by atoms with Crippen LogP contribution in [0.1, 0.15) is 43.9 Å². The first-order valence-electron chi connectivity index (χ1n) is 8.38. The molecule has 1 aromatic carbocycles. The Labute approximate surface area is 134 Å². The van der Waals surface area contributed by atoms with Crippen LogP contribution in [0, 0.1) is 12.8 Å². The van der Waals surface area contributed by atoms with Crippen LogP contribution in [0.2, 0.25) is 0 Å². The van der Waals surface area contributed by atoms with Crippen molar-refractivity contribution in [3.63, 3.8) is 0 Å². The fourth-order valence-electron chi connectivity index (χ4n) is 3.95.